The molecule has 0 saturated carbocycles. The molecule has 0 aliphatic carbocycles. The molecular weight excluding hydrogens is 262 g/mol. The molecule has 0 amide bonds. The standard InChI is InChI=1S/C17H23N3O/c1-13-15(12-20-10-6-3-7-11-20)19-17(18-13)14-8-4-5-9-16(14)21-2/h4-5,8-9H,3,6-7,10-12H2,1-2H3,(H,18,19). The molecule has 2 aromatic rings. The van der Waals surface area contributed by atoms with E-state index in [-0.39, 0.29) is 0 Å². The van der Waals surface area contributed by atoms with Gasteiger partial charge in [-0.1, -0.05) is 18.6 Å². The highest BCUT2D eigenvalue weighted by Gasteiger charge is 2.16. The monoisotopic (exact) mass is 285 g/mol. The van der Waals surface area contributed by atoms with Gasteiger partial charge < -0.3 is 9.72 Å². The first-order valence-corrected chi connectivity index (χ1v) is 7.69. The first kappa shape index (κ1) is 14.1. The van der Waals surface area contributed by atoms with Gasteiger partial charge in [0.25, 0.3) is 0 Å². The van der Waals surface area contributed by atoms with E-state index < -0.39 is 0 Å². The van der Waals surface area contributed by atoms with Crippen molar-refractivity contribution < 1.29 is 4.74 Å². The van der Waals surface area contributed by atoms with E-state index in [1.165, 1.54) is 32.4 Å². The Balaban J connectivity index is 1.83. The third kappa shape index (κ3) is 3.10. The van der Waals surface area contributed by atoms with Gasteiger partial charge in [0.15, 0.2) is 0 Å². The number of aromatic amines is 1. The highest BCUT2D eigenvalue weighted by Crippen LogP contribution is 2.28. The number of imidazole rings is 1. The maximum Gasteiger partial charge on any atom is 0.141 e. The van der Waals surface area contributed by atoms with Gasteiger partial charge in [-0.2, -0.15) is 0 Å². The molecule has 4 heteroatoms. The molecule has 1 saturated heterocycles. The van der Waals surface area contributed by atoms with E-state index >= 15 is 0 Å². The molecule has 1 fully saturated rings. The van der Waals surface area contributed by atoms with Gasteiger partial charge in [0.1, 0.15) is 11.6 Å². The van der Waals surface area contributed by atoms with E-state index in [2.05, 4.69) is 16.8 Å². The molecule has 0 unspecified atom stereocenters. The zero-order chi connectivity index (χ0) is 14.7. The molecule has 0 bridgehead atoms. The van der Waals surface area contributed by atoms with Crippen molar-refractivity contribution in [1.29, 1.82) is 0 Å². The molecule has 2 heterocycles. The fourth-order valence-corrected chi connectivity index (χ4v) is 2.95. The Kier molecular flexibility index (Phi) is 4.25. The summed E-state index contributed by atoms with van der Waals surface area (Å²) in [5.41, 5.74) is 3.33. The van der Waals surface area contributed by atoms with Crippen LogP contribution in [0.3, 0.4) is 0 Å². The number of piperidine rings is 1. The molecule has 1 aromatic heterocycles. The lowest BCUT2D eigenvalue weighted by atomic mass is 10.1. The minimum atomic E-state index is 0.857. The highest BCUT2D eigenvalue weighted by atomic mass is 16.5. The largest absolute Gasteiger partial charge is 0.496 e. The highest BCUT2D eigenvalue weighted by molar-refractivity contribution is 5.64. The summed E-state index contributed by atoms with van der Waals surface area (Å²) < 4.78 is 5.43. The predicted molar refractivity (Wildman–Crippen MR) is 84.4 cm³/mol. The second kappa shape index (κ2) is 6.31. The molecule has 1 N–H and O–H groups in total. The van der Waals surface area contributed by atoms with Crippen molar-refractivity contribution in [1.82, 2.24) is 14.9 Å². The van der Waals surface area contributed by atoms with E-state index in [0.29, 0.717) is 0 Å². The van der Waals surface area contributed by atoms with E-state index in [1.807, 2.05) is 24.3 Å². The van der Waals surface area contributed by atoms with Crippen LogP contribution >= 0.6 is 0 Å². The Morgan fingerprint density at radius 1 is 1.19 bits per heavy atom. The van der Waals surface area contributed by atoms with Crippen LogP contribution < -0.4 is 4.74 Å². The van der Waals surface area contributed by atoms with E-state index in [0.717, 1.165) is 35.1 Å². The lowest BCUT2D eigenvalue weighted by Crippen LogP contribution is -2.29. The van der Waals surface area contributed by atoms with Crippen LogP contribution in [0.25, 0.3) is 11.4 Å². The van der Waals surface area contributed by atoms with Gasteiger partial charge in [-0.25, -0.2) is 4.98 Å². The number of benzene rings is 1. The van der Waals surface area contributed by atoms with Crippen molar-refractivity contribution in [3.05, 3.63) is 35.7 Å². The average molecular weight is 285 g/mol. The quantitative estimate of drug-likeness (QED) is 0.936. The first-order chi connectivity index (χ1) is 10.3. The lowest BCUT2D eigenvalue weighted by molar-refractivity contribution is 0.218. The maximum absolute atomic E-state index is 5.43. The summed E-state index contributed by atoms with van der Waals surface area (Å²) >= 11 is 0. The first-order valence-electron chi connectivity index (χ1n) is 7.69. The molecule has 0 spiro atoms. The topological polar surface area (TPSA) is 41.1 Å². The van der Waals surface area contributed by atoms with Crippen molar-refractivity contribution in [2.75, 3.05) is 20.2 Å². The molecule has 112 valence electrons. The summed E-state index contributed by atoms with van der Waals surface area (Å²) in [6, 6.07) is 8.01. The number of nitrogens with zero attached hydrogens (tertiary/aromatic N) is 2. The number of hydrogen-bond donors (Lipinski definition) is 1. The number of methoxy groups -OCH3 is 1. The summed E-state index contributed by atoms with van der Waals surface area (Å²) in [7, 11) is 1.70. The second-order valence-electron chi connectivity index (χ2n) is 5.69. The number of H-pyrrole nitrogens is 1. The fourth-order valence-electron chi connectivity index (χ4n) is 2.95. The molecule has 1 aromatic carbocycles. The van der Waals surface area contributed by atoms with Gasteiger partial charge in [-0.15, -0.1) is 0 Å². The van der Waals surface area contributed by atoms with Crippen molar-refractivity contribution in [2.24, 2.45) is 0 Å². The van der Waals surface area contributed by atoms with Crippen LogP contribution in [-0.2, 0) is 6.54 Å². The predicted octanol–water partition coefficient (Wildman–Crippen LogP) is 3.38. The van der Waals surface area contributed by atoms with Crippen LogP contribution in [0.15, 0.2) is 24.3 Å². The van der Waals surface area contributed by atoms with Gasteiger partial charge in [-0.3, -0.25) is 4.90 Å². The maximum atomic E-state index is 5.43. The van der Waals surface area contributed by atoms with Gasteiger partial charge >= 0.3 is 0 Å². The molecular formula is C17H23N3O. The number of aryl methyl sites for hydroxylation is 1. The molecule has 0 atom stereocenters. The smallest absolute Gasteiger partial charge is 0.141 e. The Morgan fingerprint density at radius 3 is 2.71 bits per heavy atom. The van der Waals surface area contributed by atoms with E-state index in [9.17, 15) is 0 Å². The SMILES string of the molecule is COc1ccccc1-c1nc(CN2CCCCC2)c(C)[nH]1. The minimum Gasteiger partial charge on any atom is -0.496 e. The Hall–Kier alpha value is -1.81. The molecule has 21 heavy (non-hydrogen) atoms. The van der Waals surface area contributed by atoms with Gasteiger partial charge in [0, 0.05) is 12.2 Å². The van der Waals surface area contributed by atoms with Crippen LogP contribution in [-0.4, -0.2) is 35.1 Å². The van der Waals surface area contributed by atoms with Crippen molar-refractivity contribution >= 4 is 0 Å². The average Bonchev–Trinajstić information content (AvgIpc) is 2.89. The Morgan fingerprint density at radius 2 is 1.95 bits per heavy atom. The Bertz CT molecular complexity index is 600. The van der Waals surface area contributed by atoms with Crippen LogP contribution in [0.2, 0.25) is 0 Å². The number of likely N-dealkylation sites (tertiary alicyclic amines) is 1. The van der Waals surface area contributed by atoms with Gasteiger partial charge in [-0.05, 0) is 45.0 Å². The number of aromatic nitrogens is 2. The second-order valence-corrected chi connectivity index (χ2v) is 5.69. The van der Waals surface area contributed by atoms with Crippen molar-refractivity contribution in [3.63, 3.8) is 0 Å². The van der Waals surface area contributed by atoms with Crippen LogP contribution in [0.1, 0.15) is 30.7 Å². The number of para-hydroxylation sites is 1. The minimum absolute atomic E-state index is 0.857. The molecule has 4 nitrogen and oxygen atoms in total. The zero-order valence-corrected chi connectivity index (χ0v) is 12.9. The number of rotatable bonds is 4. The molecule has 1 aliphatic rings. The summed E-state index contributed by atoms with van der Waals surface area (Å²) in [6.45, 7) is 5.43. The van der Waals surface area contributed by atoms with Crippen LogP contribution in [0.4, 0.5) is 0 Å². The summed E-state index contributed by atoms with van der Waals surface area (Å²) in [6.07, 6.45) is 3.98. The number of ether oxygens (including phenoxy) is 1. The Labute approximate surface area is 126 Å². The zero-order valence-electron chi connectivity index (χ0n) is 12.9. The summed E-state index contributed by atoms with van der Waals surface area (Å²) in [4.78, 5) is 10.7. The molecule has 0 radical (unpaired) electrons. The molecule has 1 aliphatic heterocycles. The third-order valence-corrected chi connectivity index (χ3v) is 4.17. The number of hydrogen-bond acceptors (Lipinski definition) is 3. The van der Waals surface area contributed by atoms with Gasteiger partial charge in [0.05, 0.1) is 18.4 Å². The molecule has 3 rings (SSSR count). The van der Waals surface area contributed by atoms with Gasteiger partial charge in [0.2, 0.25) is 0 Å². The van der Waals surface area contributed by atoms with Crippen LogP contribution in [0.5, 0.6) is 5.75 Å². The van der Waals surface area contributed by atoms with Crippen molar-refractivity contribution in [2.45, 2.75) is 32.7 Å². The number of nitrogens with one attached hydrogen (secondary N) is 1. The summed E-state index contributed by atoms with van der Waals surface area (Å²) in [5.74, 6) is 1.76. The van der Waals surface area contributed by atoms with Crippen LogP contribution in [0, 0.1) is 6.92 Å². The lowest BCUT2D eigenvalue weighted by Gasteiger charge is -2.25. The summed E-state index contributed by atoms with van der Waals surface area (Å²) in [5, 5.41) is 0. The van der Waals surface area contributed by atoms with Crippen molar-refractivity contribution in [3.8, 4) is 17.1 Å². The van der Waals surface area contributed by atoms with E-state index in [1.54, 1.807) is 7.11 Å². The fraction of sp³-hybridized carbons (Fsp3) is 0.471. The van der Waals surface area contributed by atoms with E-state index in [4.69, 9.17) is 9.72 Å². The third-order valence-electron chi connectivity index (χ3n) is 4.17. The normalized spacial score (nSPS) is 16.1.